The molecule has 2 amide bonds. The predicted molar refractivity (Wildman–Crippen MR) is 112 cm³/mol. The standard InChI is InChI=1S/C19H19ClF3N7O2/c1-10-8-32-9-11(2)29(10)17-13(7-25-16-6-15(20)28-30(16)17)27-18(31)26-12-3-4-24-14(5-12)19(21,22)23/h3-7,10-11H,8-9H2,1-2H3,(H2,24,26,27,31)/t10-,11-/m0/s1. The maximum absolute atomic E-state index is 12.9. The van der Waals surface area contributed by atoms with Crippen LogP contribution in [0.2, 0.25) is 5.15 Å². The van der Waals surface area contributed by atoms with Gasteiger partial charge in [0.2, 0.25) is 0 Å². The molecule has 1 saturated heterocycles. The van der Waals surface area contributed by atoms with Gasteiger partial charge < -0.3 is 20.3 Å². The molecule has 1 aliphatic heterocycles. The fraction of sp³-hybridized carbons (Fsp3) is 0.368. The molecule has 4 rings (SSSR count). The number of anilines is 3. The van der Waals surface area contributed by atoms with Gasteiger partial charge in [0.15, 0.2) is 16.6 Å². The lowest BCUT2D eigenvalue weighted by Gasteiger charge is -2.41. The number of pyridine rings is 1. The SMILES string of the molecule is C[C@H]1COC[C@H](C)N1c1c(NC(=O)Nc2ccnc(C(F)(F)F)c2)cnc2cc(Cl)nn12. The first-order valence-corrected chi connectivity index (χ1v) is 10.0. The van der Waals surface area contributed by atoms with Crippen LogP contribution in [0.3, 0.4) is 0 Å². The molecule has 1 aliphatic rings. The van der Waals surface area contributed by atoms with E-state index in [-0.39, 0.29) is 22.9 Å². The minimum atomic E-state index is -4.63. The van der Waals surface area contributed by atoms with Crippen molar-refractivity contribution in [1.29, 1.82) is 0 Å². The van der Waals surface area contributed by atoms with Crippen LogP contribution >= 0.6 is 11.6 Å². The molecule has 1 fully saturated rings. The van der Waals surface area contributed by atoms with E-state index in [0.29, 0.717) is 30.4 Å². The molecule has 3 aromatic heterocycles. The molecule has 0 spiro atoms. The molecule has 0 aliphatic carbocycles. The maximum Gasteiger partial charge on any atom is 0.433 e. The molecule has 170 valence electrons. The van der Waals surface area contributed by atoms with Gasteiger partial charge in [-0.2, -0.15) is 22.8 Å². The van der Waals surface area contributed by atoms with Crippen LogP contribution in [0.25, 0.3) is 5.65 Å². The molecule has 32 heavy (non-hydrogen) atoms. The number of ether oxygens (including phenoxy) is 1. The van der Waals surface area contributed by atoms with Crippen LogP contribution in [0, 0.1) is 0 Å². The largest absolute Gasteiger partial charge is 0.433 e. The topological polar surface area (TPSA) is 96.7 Å². The first-order valence-electron chi connectivity index (χ1n) is 9.65. The average molecular weight is 470 g/mol. The Morgan fingerprint density at radius 1 is 1.19 bits per heavy atom. The molecule has 0 radical (unpaired) electrons. The second-order valence-electron chi connectivity index (χ2n) is 7.38. The third-order valence-corrected chi connectivity index (χ3v) is 5.08. The van der Waals surface area contributed by atoms with Crippen molar-refractivity contribution in [3.8, 4) is 0 Å². The Kier molecular flexibility index (Phi) is 5.82. The molecule has 0 bridgehead atoms. The number of alkyl halides is 3. The minimum absolute atomic E-state index is 0.0505. The quantitative estimate of drug-likeness (QED) is 0.600. The third-order valence-electron chi connectivity index (χ3n) is 4.90. The lowest BCUT2D eigenvalue weighted by atomic mass is 10.1. The van der Waals surface area contributed by atoms with Crippen LogP contribution in [0.15, 0.2) is 30.6 Å². The van der Waals surface area contributed by atoms with Crippen molar-refractivity contribution in [3.63, 3.8) is 0 Å². The second kappa shape index (κ2) is 8.43. The van der Waals surface area contributed by atoms with Gasteiger partial charge in [-0.1, -0.05) is 11.6 Å². The summed E-state index contributed by atoms with van der Waals surface area (Å²) in [4.78, 5) is 22.2. The Labute approximate surface area is 185 Å². The number of urea groups is 1. The zero-order valence-electron chi connectivity index (χ0n) is 17.0. The number of amides is 2. The summed E-state index contributed by atoms with van der Waals surface area (Å²) in [5.74, 6) is 0.533. The van der Waals surface area contributed by atoms with Crippen LogP contribution in [-0.4, -0.2) is 50.9 Å². The summed E-state index contributed by atoms with van der Waals surface area (Å²) < 4.78 is 45.8. The number of carbonyl (C=O) groups excluding carboxylic acids is 1. The number of aromatic nitrogens is 4. The van der Waals surface area contributed by atoms with E-state index in [1.165, 1.54) is 16.8 Å². The molecule has 0 saturated carbocycles. The summed E-state index contributed by atoms with van der Waals surface area (Å²) in [5.41, 5.74) is -0.386. The zero-order chi connectivity index (χ0) is 23.0. The highest BCUT2D eigenvalue weighted by Gasteiger charge is 2.33. The number of halogens is 4. The third kappa shape index (κ3) is 4.41. The Morgan fingerprint density at radius 2 is 1.91 bits per heavy atom. The van der Waals surface area contributed by atoms with Crippen molar-refractivity contribution in [2.75, 3.05) is 28.7 Å². The van der Waals surface area contributed by atoms with Gasteiger partial charge in [0.05, 0.1) is 31.5 Å². The monoisotopic (exact) mass is 469 g/mol. The molecule has 13 heteroatoms. The smallest absolute Gasteiger partial charge is 0.377 e. The summed E-state index contributed by atoms with van der Waals surface area (Å²) in [5, 5.41) is 9.56. The second-order valence-corrected chi connectivity index (χ2v) is 7.77. The van der Waals surface area contributed by atoms with Crippen molar-refractivity contribution in [1.82, 2.24) is 19.6 Å². The van der Waals surface area contributed by atoms with E-state index in [4.69, 9.17) is 16.3 Å². The van der Waals surface area contributed by atoms with E-state index in [2.05, 4.69) is 25.7 Å². The molecular weight excluding hydrogens is 451 g/mol. The number of morpholine rings is 1. The van der Waals surface area contributed by atoms with E-state index in [9.17, 15) is 18.0 Å². The number of nitrogens with one attached hydrogen (secondary N) is 2. The molecule has 0 unspecified atom stereocenters. The zero-order valence-corrected chi connectivity index (χ0v) is 17.8. The molecule has 2 N–H and O–H groups in total. The Balaban J connectivity index is 1.66. The van der Waals surface area contributed by atoms with Crippen LogP contribution in [0.5, 0.6) is 0 Å². The van der Waals surface area contributed by atoms with Gasteiger partial charge >= 0.3 is 12.2 Å². The summed E-state index contributed by atoms with van der Waals surface area (Å²) in [7, 11) is 0. The van der Waals surface area contributed by atoms with E-state index in [1.807, 2.05) is 18.7 Å². The van der Waals surface area contributed by atoms with Gasteiger partial charge in [0.1, 0.15) is 11.4 Å². The van der Waals surface area contributed by atoms with Crippen molar-refractivity contribution in [2.45, 2.75) is 32.1 Å². The van der Waals surface area contributed by atoms with Gasteiger partial charge in [0, 0.05) is 18.0 Å². The lowest BCUT2D eigenvalue weighted by Crippen LogP contribution is -2.51. The molecule has 3 aromatic rings. The van der Waals surface area contributed by atoms with Crippen LogP contribution < -0.4 is 15.5 Å². The van der Waals surface area contributed by atoms with Crippen molar-refractivity contribution in [2.24, 2.45) is 0 Å². The van der Waals surface area contributed by atoms with Crippen LogP contribution in [0.4, 0.5) is 35.2 Å². The van der Waals surface area contributed by atoms with Gasteiger partial charge in [-0.05, 0) is 26.0 Å². The van der Waals surface area contributed by atoms with Gasteiger partial charge in [-0.3, -0.25) is 4.98 Å². The highest BCUT2D eigenvalue weighted by molar-refractivity contribution is 6.29. The van der Waals surface area contributed by atoms with Crippen LogP contribution in [0.1, 0.15) is 19.5 Å². The first kappa shape index (κ1) is 22.1. The number of carbonyl (C=O) groups is 1. The first-order chi connectivity index (χ1) is 15.1. The lowest BCUT2D eigenvalue weighted by molar-refractivity contribution is -0.141. The summed E-state index contributed by atoms with van der Waals surface area (Å²) in [6.07, 6.45) is -2.20. The van der Waals surface area contributed by atoms with Crippen LogP contribution in [-0.2, 0) is 10.9 Å². The fourth-order valence-electron chi connectivity index (χ4n) is 3.60. The number of nitrogens with zero attached hydrogens (tertiary/aromatic N) is 5. The average Bonchev–Trinajstić information content (AvgIpc) is 3.09. The Hall–Kier alpha value is -3.12. The van der Waals surface area contributed by atoms with Gasteiger partial charge in [-0.25, -0.2) is 9.78 Å². The minimum Gasteiger partial charge on any atom is -0.377 e. The highest BCUT2D eigenvalue weighted by Crippen LogP contribution is 2.32. The van der Waals surface area contributed by atoms with Crippen molar-refractivity contribution < 1.29 is 22.7 Å². The molecular formula is C19H19ClF3N7O2. The highest BCUT2D eigenvalue weighted by atomic mass is 35.5. The molecule has 4 heterocycles. The fourth-order valence-corrected chi connectivity index (χ4v) is 3.77. The number of fused-ring (bicyclic) bond motifs is 1. The van der Waals surface area contributed by atoms with E-state index >= 15 is 0 Å². The summed E-state index contributed by atoms with van der Waals surface area (Å²) >= 11 is 6.07. The van der Waals surface area contributed by atoms with Crippen molar-refractivity contribution >= 4 is 40.5 Å². The number of rotatable bonds is 3. The van der Waals surface area contributed by atoms with Gasteiger partial charge in [-0.15, -0.1) is 0 Å². The molecule has 9 nitrogen and oxygen atoms in total. The normalized spacial score (nSPS) is 19.2. The van der Waals surface area contributed by atoms with Gasteiger partial charge in [0.25, 0.3) is 0 Å². The summed E-state index contributed by atoms with van der Waals surface area (Å²) in [6, 6.07) is 2.74. The molecule has 0 aromatic carbocycles. The molecule has 2 atom stereocenters. The van der Waals surface area contributed by atoms with Crippen molar-refractivity contribution in [3.05, 3.63) is 41.4 Å². The Morgan fingerprint density at radius 3 is 2.59 bits per heavy atom. The Bertz CT molecular complexity index is 1140. The predicted octanol–water partition coefficient (Wildman–Crippen LogP) is 4.05. The maximum atomic E-state index is 12.9. The van der Waals surface area contributed by atoms with E-state index in [1.54, 1.807) is 6.07 Å². The van der Waals surface area contributed by atoms with E-state index in [0.717, 1.165) is 12.3 Å². The van der Waals surface area contributed by atoms with E-state index < -0.39 is 17.9 Å². The summed E-state index contributed by atoms with van der Waals surface area (Å²) in [6.45, 7) is 4.86. The number of hydrogen-bond donors (Lipinski definition) is 2. The number of hydrogen-bond acceptors (Lipinski definition) is 6.